The van der Waals surface area contributed by atoms with E-state index in [1.54, 1.807) is 7.11 Å². The number of hydrogen-bond acceptors (Lipinski definition) is 3. The fraction of sp³-hybridized carbons (Fsp3) is 1.00. The van der Waals surface area contributed by atoms with Crippen LogP contribution in [0.2, 0.25) is 0 Å². The average molecular weight is 231 g/mol. The minimum absolute atomic E-state index is 0.247. The Kier molecular flexibility index (Phi) is 9.99. The van der Waals surface area contributed by atoms with Crippen molar-refractivity contribution >= 4 is 0 Å². The van der Waals surface area contributed by atoms with E-state index in [2.05, 4.69) is 26.1 Å². The molecule has 0 radical (unpaired) electrons. The highest BCUT2D eigenvalue weighted by molar-refractivity contribution is 4.69. The summed E-state index contributed by atoms with van der Waals surface area (Å²) in [7, 11) is 1.72. The first-order chi connectivity index (χ1) is 7.56. The predicted octanol–water partition coefficient (Wildman–Crippen LogP) is 2.60. The Bertz CT molecular complexity index is 143. The van der Waals surface area contributed by atoms with Gasteiger partial charge in [0.1, 0.15) is 0 Å². The smallest absolute Gasteiger partial charge is 0.0487 e. The Hall–Kier alpha value is -0.120. The van der Waals surface area contributed by atoms with Gasteiger partial charge in [-0.2, -0.15) is 0 Å². The van der Waals surface area contributed by atoms with Gasteiger partial charge in [0.2, 0.25) is 0 Å². The van der Waals surface area contributed by atoms with Crippen LogP contribution in [0.4, 0.5) is 0 Å². The fourth-order valence-electron chi connectivity index (χ4n) is 1.38. The predicted molar refractivity (Wildman–Crippen MR) is 68.9 cm³/mol. The van der Waals surface area contributed by atoms with E-state index in [4.69, 9.17) is 9.47 Å². The Morgan fingerprint density at radius 3 is 2.19 bits per heavy atom. The van der Waals surface area contributed by atoms with E-state index < -0.39 is 0 Å². The molecule has 0 saturated carbocycles. The second kappa shape index (κ2) is 10.1. The van der Waals surface area contributed by atoms with Crippen molar-refractivity contribution in [3.8, 4) is 0 Å². The Labute approximate surface area is 101 Å². The zero-order chi connectivity index (χ0) is 12.3. The summed E-state index contributed by atoms with van der Waals surface area (Å²) in [6.07, 6.45) is 4.65. The van der Waals surface area contributed by atoms with Crippen LogP contribution in [0.5, 0.6) is 0 Å². The lowest BCUT2D eigenvalue weighted by Gasteiger charge is -2.20. The molecule has 0 fully saturated rings. The zero-order valence-electron chi connectivity index (χ0n) is 11.5. The molecule has 98 valence electrons. The molecule has 0 unspecified atom stereocenters. The summed E-state index contributed by atoms with van der Waals surface area (Å²) in [6, 6.07) is 0. The molecule has 0 heterocycles. The zero-order valence-corrected chi connectivity index (χ0v) is 11.5. The molecule has 3 nitrogen and oxygen atoms in total. The van der Waals surface area contributed by atoms with Gasteiger partial charge in [-0.1, -0.05) is 0 Å². The molecule has 0 aromatic carbocycles. The first kappa shape index (κ1) is 15.9. The SMILES string of the molecule is COCCCOCCCCCNC(C)(C)C. The summed E-state index contributed by atoms with van der Waals surface area (Å²) in [5.74, 6) is 0. The Balaban J connectivity index is 2.99. The first-order valence-corrected chi connectivity index (χ1v) is 6.38. The summed E-state index contributed by atoms with van der Waals surface area (Å²) in [4.78, 5) is 0. The summed E-state index contributed by atoms with van der Waals surface area (Å²) >= 11 is 0. The maximum absolute atomic E-state index is 5.48. The molecule has 0 aromatic heterocycles. The van der Waals surface area contributed by atoms with E-state index in [1.165, 1.54) is 19.3 Å². The molecule has 0 amide bonds. The van der Waals surface area contributed by atoms with E-state index >= 15 is 0 Å². The van der Waals surface area contributed by atoms with Crippen molar-refractivity contribution in [2.24, 2.45) is 0 Å². The first-order valence-electron chi connectivity index (χ1n) is 6.38. The number of nitrogens with one attached hydrogen (secondary N) is 1. The third-order valence-corrected chi connectivity index (χ3v) is 2.26. The van der Waals surface area contributed by atoms with E-state index in [1.807, 2.05) is 0 Å². The van der Waals surface area contributed by atoms with Crippen molar-refractivity contribution in [3.05, 3.63) is 0 Å². The second-order valence-corrected chi connectivity index (χ2v) is 5.20. The molecule has 0 aliphatic carbocycles. The Morgan fingerprint density at radius 1 is 0.875 bits per heavy atom. The van der Waals surface area contributed by atoms with Crippen LogP contribution in [0.15, 0.2) is 0 Å². The fourth-order valence-corrected chi connectivity index (χ4v) is 1.38. The molecule has 3 heteroatoms. The lowest BCUT2D eigenvalue weighted by molar-refractivity contribution is 0.100. The molecule has 0 rings (SSSR count). The number of unbranched alkanes of at least 4 members (excludes halogenated alkanes) is 2. The van der Waals surface area contributed by atoms with Gasteiger partial charge in [0, 0.05) is 32.5 Å². The van der Waals surface area contributed by atoms with Crippen LogP contribution in [0.25, 0.3) is 0 Å². The molecule has 0 spiro atoms. The molecule has 0 atom stereocenters. The number of ether oxygens (including phenoxy) is 2. The van der Waals surface area contributed by atoms with Crippen LogP contribution in [0.1, 0.15) is 46.5 Å². The number of methoxy groups -OCH3 is 1. The Morgan fingerprint density at radius 2 is 1.56 bits per heavy atom. The number of rotatable bonds is 10. The highest BCUT2D eigenvalue weighted by atomic mass is 16.5. The van der Waals surface area contributed by atoms with Gasteiger partial charge in [0.25, 0.3) is 0 Å². The van der Waals surface area contributed by atoms with Crippen LogP contribution in [0, 0.1) is 0 Å². The van der Waals surface area contributed by atoms with Crippen molar-refractivity contribution in [1.29, 1.82) is 0 Å². The molecule has 0 aliphatic rings. The summed E-state index contributed by atoms with van der Waals surface area (Å²) in [5, 5.41) is 3.48. The average Bonchev–Trinajstić information content (AvgIpc) is 2.19. The monoisotopic (exact) mass is 231 g/mol. The minimum atomic E-state index is 0.247. The van der Waals surface area contributed by atoms with Crippen molar-refractivity contribution in [3.63, 3.8) is 0 Å². The van der Waals surface area contributed by atoms with E-state index in [-0.39, 0.29) is 5.54 Å². The minimum Gasteiger partial charge on any atom is -0.385 e. The molecule has 0 aromatic rings. The molecular formula is C13H29NO2. The van der Waals surface area contributed by atoms with E-state index in [0.29, 0.717) is 0 Å². The normalized spacial score (nSPS) is 12.0. The molecule has 0 bridgehead atoms. The van der Waals surface area contributed by atoms with Crippen molar-refractivity contribution < 1.29 is 9.47 Å². The summed E-state index contributed by atoms with van der Waals surface area (Å²) in [6.45, 7) is 10.2. The van der Waals surface area contributed by atoms with Crippen LogP contribution in [0.3, 0.4) is 0 Å². The number of hydrogen-bond donors (Lipinski definition) is 1. The van der Waals surface area contributed by atoms with Gasteiger partial charge in [-0.05, 0) is 53.0 Å². The molecule has 0 aliphatic heterocycles. The van der Waals surface area contributed by atoms with Gasteiger partial charge >= 0.3 is 0 Å². The van der Waals surface area contributed by atoms with Gasteiger partial charge in [-0.3, -0.25) is 0 Å². The van der Waals surface area contributed by atoms with Gasteiger partial charge in [0.15, 0.2) is 0 Å². The van der Waals surface area contributed by atoms with Crippen LogP contribution < -0.4 is 5.32 Å². The largest absolute Gasteiger partial charge is 0.385 e. The van der Waals surface area contributed by atoms with Gasteiger partial charge in [-0.15, -0.1) is 0 Å². The highest BCUT2D eigenvalue weighted by Crippen LogP contribution is 2.01. The van der Waals surface area contributed by atoms with Crippen LogP contribution in [-0.2, 0) is 9.47 Å². The lowest BCUT2D eigenvalue weighted by atomic mass is 10.1. The quantitative estimate of drug-likeness (QED) is 0.586. The van der Waals surface area contributed by atoms with Crippen LogP contribution >= 0.6 is 0 Å². The molecule has 16 heavy (non-hydrogen) atoms. The van der Waals surface area contributed by atoms with Gasteiger partial charge in [0.05, 0.1) is 0 Å². The lowest BCUT2D eigenvalue weighted by Crippen LogP contribution is -2.36. The molecule has 0 saturated heterocycles. The van der Waals surface area contributed by atoms with Gasteiger partial charge < -0.3 is 14.8 Å². The molecule has 1 N–H and O–H groups in total. The van der Waals surface area contributed by atoms with E-state index in [0.717, 1.165) is 32.8 Å². The summed E-state index contributed by atoms with van der Waals surface area (Å²) < 4.78 is 10.4. The second-order valence-electron chi connectivity index (χ2n) is 5.20. The summed E-state index contributed by atoms with van der Waals surface area (Å²) in [5.41, 5.74) is 0.247. The van der Waals surface area contributed by atoms with Crippen LogP contribution in [-0.4, -0.2) is 39.0 Å². The third-order valence-electron chi connectivity index (χ3n) is 2.26. The third kappa shape index (κ3) is 13.9. The van der Waals surface area contributed by atoms with Crippen molar-refractivity contribution in [2.75, 3.05) is 33.5 Å². The van der Waals surface area contributed by atoms with E-state index in [9.17, 15) is 0 Å². The topological polar surface area (TPSA) is 30.5 Å². The molecular weight excluding hydrogens is 202 g/mol. The van der Waals surface area contributed by atoms with Crippen molar-refractivity contribution in [2.45, 2.75) is 52.0 Å². The van der Waals surface area contributed by atoms with Gasteiger partial charge in [-0.25, -0.2) is 0 Å². The highest BCUT2D eigenvalue weighted by Gasteiger charge is 2.06. The maximum atomic E-state index is 5.48. The standard InChI is InChI=1S/C13H29NO2/c1-13(2,3)14-9-6-5-7-11-16-12-8-10-15-4/h14H,5-12H2,1-4H3. The van der Waals surface area contributed by atoms with Crippen molar-refractivity contribution in [1.82, 2.24) is 5.32 Å². The maximum Gasteiger partial charge on any atom is 0.0487 e.